The normalized spacial score (nSPS) is 13.9. The largest absolute Gasteiger partial charge is 0.435 e. The molecule has 1 saturated carbocycles. The predicted molar refractivity (Wildman–Crippen MR) is 91.0 cm³/mol. The number of ether oxygens (including phenoxy) is 1. The number of rotatable bonds is 9. The van der Waals surface area contributed by atoms with Crippen LogP contribution in [0.15, 0.2) is 41.8 Å². The van der Waals surface area contributed by atoms with Gasteiger partial charge in [0.05, 0.1) is 5.75 Å². The zero-order valence-corrected chi connectivity index (χ0v) is 14.3. The van der Waals surface area contributed by atoms with Gasteiger partial charge in [-0.3, -0.25) is 4.79 Å². The molecule has 1 aromatic carbocycles. The average Bonchev–Trinajstić information content (AvgIpc) is 3.32. The van der Waals surface area contributed by atoms with E-state index in [-0.39, 0.29) is 11.7 Å². The molecule has 0 bridgehead atoms. The molecule has 0 radical (unpaired) electrons. The van der Waals surface area contributed by atoms with Crippen molar-refractivity contribution in [3.8, 4) is 5.75 Å². The molecule has 1 aromatic heterocycles. The van der Waals surface area contributed by atoms with E-state index in [1.54, 1.807) is 18.3 Å². The van der Waals surface area contributed by atoms with Crippen molar-refractivity contribution in [1.82, 2.24) is 14.9 Å². The van der Waals surface area contributed by atoms with Crippen molar-refractivity contribution in [2.75, 3.05) is 12.3 Å². The Morgan fingerprint density at radius 1 is 1.36 bits per heavy atom. The van der Waals surface area contributed by atoms with Crippen molar-refractivity contribution in [3.63, 3.8) is 0 Å². The van der Waals surface area contributed by atoms with E-state index >= 15 is 0 Å². The van der Waals surface area contributed by atoms with Crippen LogP contribution in [0.4, 0.5) is 8.78 Å². The Balaban J connectivity index is 1.37. The van der Waals surface area contributed by atoms with Gasteiger partial charge < -0.3 is 14.6 Å². The van der Waals surface area contributed by atoms with Gasteiger partial charge in [-0.15, -0.1) is 0 Å². The Labute approximate surface area is 148 Å². The van der Waals surface area contributed by atoms with E-state index in [9.17, 15) is 13.6 Å². The minimum absolute atomic E-state index is 0.0481. The Bertz CT molecular complexity index is 702. The summed E-state index contributed by atoms with van der Waals surface area (Å²) in [5.41, 5.74) is 0.943. The summed E-state index contributed by atoms with van der Waals surface area (Å²) in [6.07, 6.45) is 6.70. The lowest BCUT2D eigenvalue weighted by atomic mass is 10.1. The summed E-state index contributed by atoms with van der Waals surface area (Å²) in [4.78, 5) is 16.2. The van der Waals surface area contributed by atoms with Crippen LogP contribution in [0.1, 0.15) is 24.4 Å². The Morgan fingerprint density at radius 3 is 2.80 bits per heavy atom. The second kappa shape index (κ2) is 8.33. The number of hydrogen-bond acceptors (Lipinski definition) is 4. The molecular formula is C17H19F2N3O2S. The first-order valence-corrected chi connectivity index (χ1v) is 9.06. The minimum atomic E-state index is -2.82. The zero-order valence-electron chi connectivity index (χ0n) is 13.5. The average molecular weight is 367 g/mol. The number of nitrogens with one attached hydrogen (secondary N) is 1. The molecule has 0 unspecified atom stereocenters. The van der Waals surface area contributed by atoms with E-state index < -0.39 is 6.61 Å². The number of imidazole rings is 1. The van der Waals surface area contributed by atoms with Gasteiger partial charge in [-0.1, -0.05) is 23.9 Å². The van der Waals surface area contributed by atoms with E-state index in [1.165, 1.54) is 36.7 Å². The number of hydrogen-bond donors (Lipinski definition) is 1. The molecule has 1 amide bonds. The maximum atomic E-state index is 12.1. The van der Waals surface area contributed by atoms with E-state index in [4.69, 9.17) is 0 Å². The Hall–Kier alpha value is -2.09. The molecule has 0 saturated heterocycles. The smallest absolute Gasteiger partial charge is 0.387 e. The van der Waals surface area contributed by atoms with Crippen LogP contribution in [0, 0.1) is 0 Å². The molecule has 1 fully saturated rings. The molecule has 25 heavy (non-hydrogen) atoms. The molecule has 5 nitrogen and oxygen atoms in total. The highest BCUT2D eigenvalue weighted by molar-refractivity contribution is 7.99. The van der Waals surface area contributed by atoms with Crippen LogP contribution in [0.2, 0.25) is 0 Å². The number of thioether (sulfide) groups is 1. The molecule has 8 heteroatoms. The summed E-state index contributed by atoms with van der Waals surface area (Å²) in [5.74, 6) is 0.406. The highest BCUT2D eigenvalue weighted by Crippen LogP contribution is 2.37. The fourth-order valence-electron chi connectivity index (χ4n) is 2.41. The highest BCUT2D eigenvalue weighted by Gasteiger charge is 2.25. The molecular weight excluding hydrogens is 348 g/mol. The second-order valence-corrected chi connectivity index (χ2v) is 6.70. The van der Waals surface area contributed by atoms with Gasteiger partial charge in [0.2, 0.25) is 5.91 Å². The monoisotopic (exact) mass is 367 g/mol. The van der Waals surface area contributed by atoms with E-state index in [2.05, 4.69) is 19.6 Å². The molecule has 1 aliphatic carbocycles. The maximum absolute atomic E-state index is 12.1. The molecule has 0 atom stereocenters. The molecule has 2 aromatic rings. The van der Waals surface area contributed by atoms with E-state index in [1.807, 2.05) is 6.20 Å². The quantitative estimate of drug-likeness (QED) is 0.691. The SMILES string of the molecule is O=C(CSc1nccn1C1CC1)NCCc1ccc(OC(F)F)cc1. The van der Waals surface area contributed by atoms with Gasteiger partial charge in [0.25, 0.3) is 0 Å². The summed E-state index contributed by atoms with van der Waals surface area (Å²) in [5, 5.41) is 3.74. The highest BCUT2D eigenvalue weighted by atomic mass is 32.2. The van der Waals surface area contributed by atoms with E-state index in [0.29, 0.717) is 24.8 Å². The number of halogens is 2. The van der Waals surface area contributed by atoms with Gasteiger partial charge in [-0.25, -0.2) is 4.98 Å². The summed E-state index contributed by atoms with van der Waals surface area (Å²) in [7, 11) is 0. The lowest BCUT2D eigenvalue weighted by molar-refractivity contribution is -0.118. The number of benzene rings is 1. The van der Waals surface area contributed by atoms with Crippen molar-refractivity contribution < 1.29 is 18.3 Å². The second-order valence-electron chi connectivity index (χ2n) is 5.76. The van der Waals surface area contributed by atoms with Crippen molar-refractivity contribution in [2.45, 2.75) is 37.1 Å². The first kappa shape index (κ1) is 17.7. The Kier molecular flexibility index (Phi) is 5.91. The van der Waals surface area contributed by atoms with Crippen molar-refractivity contribution >= 4 is 17.7 Å². The molecule has 0 aliphatic heterocycles. The predicted octanol–water partition coefficient (Wildman–Crippen LogP) is 3.27. The molecule has 3 rings (SSSR count). The molecule has 1 heterocycles. The van der Waals surface area contributed by atoms with Gasteiger partial charge in [-0.05, 0) is 37.0 Å². The summed E-state index contributed by atoms with van der Waals surface area (Å²) >= 11 is 1.44. The fourth-order valence-corrected chi connectivity index (χ4v) is 3.26. The lowest BCUT2D eigenvalue weighted by Gasteiger charge is -2.08. The lowest BCUT2D eigenvalue weighted by Crippen LogP contribution is -2.27. The number of carbonyl (C=O) groups is 1. The van der Waals surface area contributed by atoms with Gasteiger partial charge in [0, 0.05) is 25.0 Å². The van der Waals surface area contributed by atoms with Crippen LogP contribution in [-0.4, -0.2) is 34.4 Å². The van der Waals surface area contributed by atoms with Crippen LogP contribution < -0.4 is 10.1 Å². The topological polar surface area (TPSA) is 56.2 Å². The number of aromatic nitrogens is 2. The van der Waals surface area contributed by atoms with Crippen molar-refractivity contribution in [2.24, 2.45) is 0 Å². The van der Waals surface area contributed by atoms with Gasteiger partial charge >= 0.3 is 6.61 Å². The van der Waals surface area contributed by atoms with Crippen LogP contribution in [0.25, 0.3) is 0 Å². The fraction of sp³-hybridized carbons (Fsp3) is 0.412. The number of alkyl halides is 2. The standard InChI is InChI=1S/C17H19F2N3O2S/c18-16(19)24-14-5-1-12(2-6-14)7-8-20-15(23)11-25-17-21-9-10-22(17)13-3-4-13/h1-2,5-6,9-10,13,16H,3-4,7-8,11H2,(H,20,23). The number of amides is 1. The van der Waals surface area contributed by atoms with Crippen molar-refractivity contribution in [3.05, 3.63) is 42.2 Å². The molecule has 1 aliphatic rings. The third kappa shape index (κ3) is 5.45. The third-order valence-electron chi connectivity index (χ3n) is 3.79. The van der Waals surface area contributed by atoms with Crippen molar-refractivity contribution in [1.29, 1.82) is 0 Å². The number of carbonyl (C=O) groups excluding carboxylic acids is 1. The third-order valence-corrected chi connectivity index (χ3v) is 4.77. The van der Waals surface area contributed by atoms with Crippen LogP contribution in [0.5, 0.6) is 5.75 Å². The Morgan fingerprint density at radius 2 is 2.12 bits per heavy atom. The van der Waals surface area contributed by atoms with Crippen LogP contribution in [-0.2, 0) is 11.2 Å². The van der Waals surface area contributed by atoms with Gasteiger partial charge in [-0.2, -0.15) is 8.78 Å². The van der Waals surface area contributed by atoms with Gasteiger partial charge in [0.1, 0.15) is 5.75 Å². The zero-order chi connectivity index (χ0) is 17.6. The summed E-state index contributed by atoms with van der Waals surface area (Å²) in [6.45, 7) is -2.33. The number of nitrogens with zero attached hydrogens (tertiary/aromatic N) is 2. The first-order valence-electron chi connectivity index (χ1n) is 8.08. The minimum Gasteiger partial charge on any atom is -0.435 e. The first-order chi connectivity index (χ1) is 12.1. The molecule has 0 spiro atoms. The molecule has 134 valence electrons. The van der Waals surface area contributed by atoms with Crippen LogP contribution >= 0.6 is 11.8 Å². The maximum Gasteiger partial charge on any atom is 0.387 e. The molecule has 1 N–H and O–H groups in total. The summed E-state index contributed by atoms with van der Waals surface area (Å²) < 4.78 is 30.6. The summed E-state index contributed by atoms with van der Waals surface area (Å²) in [6, 6.07) is 6.97. The van der Waals surface area contributed by atoms with Gasteiger partial charge in [0.15, 0.2) is 5.16 Å². The van der Waals surface area contributed by atoms with Crippen LogP contribution in [0.3, 0.4) is 0 Å². The van der Waals surface area contributed by atoms with E-state index in [0.717, 1.165) is 10.7 Å².